The van der Waals surface area contributed by atoms with Crippen LogP contribution in [-0.2, 0) is 6.54 Å². The van der Waals surface area contributed by atoms with Gasteiger partial charge in [-0.05, 0) is 67.4 Å². The SMILES string of the molecule is CC(C)n1cnc([C@H]2CN(C(=O)c3ccccn3)c3ccc(C(=O)NCc4ccc(F)cc4)cc32)n1. The first-order valence-corrected chi connectivity index (χ1v) is 11.7. The number of hydrogen-bond donors (Lipinski definition) is 1. The number of nitrogens with zero attached hydrogens (tertiary/aromatic N) is 5. The highest BCUT2D eigenvalue weighted by molar-refractivity contribution is 6.07. The normalized spacial score (nSPS) is 14.7. The summed E-state index contributed by atoms with van der Waals surface area (Å²) in [5.74, 6) is -0.525. The van der Waals surface area contributed by atoms with Crippen molar-refractivity contribution in [3.05, 3.63) is 107 Å². The van der Waals surface area contributed by atoms with Gasteiger partial charge in [-0.15, -0.1) is 0 Å². The molecule has 0 fully saturated rings. The second kappa shape index (κ2) is 9.69. The minimum atomic E-state index is -0.326. The molecule has 0 spiro atoms. The summed E-state index contributed by atoms with van der Waals surface area (Å²) in [6, 6.07) is 16.6. The molecule has 1 aliphatic heterocycles. The zero-order chi connectivity index (χ0) is 25.2. The average Bonchev–Trinajstić information content (AvgIpc) is 3.53. The van der Waals surface area contributed by atoms with Gasteiger partial charge in [0.25, 0.3) is 11.8 Å². The van der Waals surface area contributed by atoms with E-state index in [1.807, 2.05) is 13.8 Å². The molecule has 9 heteroatoms. The highest BCUT2D eigenvalue weighted by atomic mass is 19.1. The third-order valence-electron chi connectivity index (χ3n) is 6.18. The van der Waals surface area contributed by atoms with E-state index in [-0.39, 0.29) is 36.1 Å². The number of pyridine rings is 1. The summed E-state index contributed by atoms with van der Waals surface area (Å²) in [5, 5.41) is 7.51. The maximum Gasteiger partial charge on any atom is 0.276 e. The summed E-state index contributed by atoms with van der Waals surface area (Å²) in [6.07, 6.45) is 3.27. The molecule has 0 saturated carbocycles. The number of hydrogen-bond acceptors (Lipinski definition) is 5. The number of anilines is 1. The first-order valence-electron chi connectivity index (χ1n) is 11.7. The van der Waals surface area contributed by atoms with E-state index < -0.39 is 0 Å². The molecule has 1 aliphatic rings. The van der Waals surface area contributed by atoms with E-state index in [1.165, 1.54) is 12.1 Å². The standard InChI is InChI=1S/C27H25FN6O2/c1-17(2)34-16-31-25(32-34)22-15-33(27(36)23-5-3-4-12-29-23)24-11-8-19(13-21(22)24)26(35)30-14-18-6-9-20(28)10-7-18/h3-13,16-17,22H,14-15H2,1-2H3,(H,30,35)/t22-/m0/s1. The summed E-state index contributed by atoms with van der Waals surface area (Å²) in [4.78, 5) is 36.6. The Hall–Kier alpha value is -4.40. The van der Waals surface area contributed by atoms with Crippen LogP contribution in [0.1, 0.15) is 63.6 Å². The number of halogens is 1. The number of amides is 2. The van der Waals surface area contributed by atoms with Crippen molar-refractivity contribution in [2.45, 2.75) is 32.4 Å². The van der Waals surface area contributed by atoms with E-state index in [4.69, 9.17) is 0 Å². The Morgan fingerprint density at radius 1 is 1.08 bits per heavy atom. The van der Waals surface area contributed by atoms with Crippen molar-refractivity contribution < 1.29 is 14.0 Å². The summed E-state index contributed by atoms with van der Waals surface area (Å²) >= 11 is 0. The van der Waals surface area contributed by atoms with Crippen LogP contribution in [0.25, 0.3) is 0 Å². The number of nitrogens with one attached hydrogen (secondary N) is 1. The minimum Gasteiger partial charge on any atom is -0.348 e. The van der Waals surface area contributed by atoms with Crippen LogP contribution in [0.5, 0.6) is 0 Å². The van der Waals surface area contributed by atoms with Crippen molar-refractivity contribution >= 4 is 17.5 Å². The topological polar surface area (TPSA) is 93.0 Å². The molecule has 0 saturated heterocycles. The molecule has 0 unspecified atom stereocenters. The van der Waals surface area contributed by atoms with Crippen LogP contribution in [0, 0.1) is 5.82 Å². The molecule has 0 radical (unpaired) electrons. The van der Waals surface area contributed by atoms with E-state index in [0.717, 1.165) is 11.1 Å². The number of carbonyl (C=O) groups excluding carboxylic acids is 2. The molecule has 4 aromatic rings. The maximum absolute atomic E-state index is 13.3. The van der Waals surface area contributed by atoms with Crippen LogP contribution in [0.2, 0.25) is 0 Å². The zero-order valence-electron chi connectivity index (χ0n) is 19.9. The van der Waals surface area contributed by atoms with Crippen LogP contribution in [0.4, 0.5) is 10.1 Å². The van der Waals surface area contributed by atoms with Crippen molar-refractivity contribution in [3.8, 4) is 0 Å². The molecule has 1 N–H and O–H groups in total. The Morgan fingerprint density at radius 2 is 1.89 bits per heavy atom. The molecule has 1 atom stereocenters. The van der Waals surface area contributed by atoms with Gasteiger partial charge in [0.15, 0.2) is 5.82 Å². The van der Waals surface area contributed by atoms with Crippen molar-refractivity contribution in [1.82, 2.24) is 25.1 Å². The molecule has 0 aliphatic carbocycles. The number of benzene rings is 2. The fourth-order valence-electron chi connectivity index (χ4n) is 4.22. The molecule has 36 heavy (non-hydrogen) atoms. The molecule has 3 heterocycles. The minimum absolute atomic E-state index is 0.141. The highest BCUT2D eigenvalue weighted by Crippen LogP contribution is 2.40. The van der Waals surface area contributed by atoms with E-state index in [2.05, 4.69) is 20.4 Å². The van der Waals surface area contributed by atoms with E-state index in [9.17, 15) is 14.0 Å². The lowest BCUT2D eigenvalue weighted by Crippen LogP contribution is -2.30. The van der Waals surface area contributed by atoms with Gasteiger partial charge in [0.05, 0.1) is 5.92 Å². The fourth-order valence-corrected chi connectivity index (χ4v) is 4.22. The maximum atomic E-state index is 13.3. The van der Waals surface area contributed by atoms with Gasteiger partial charge in [0.2, 0.25) is 0 Å². The third kappa shape index (κ3) is 4.59. The van der Waals surface area contributed by atoms with Crippen LogP contribution >= 0.6 is 0 Å². The van der Waals surface area contributed by atoms with Gasteiger partial charge in [-0.2, -0.15) is 5.10 Å². The lowest BCUT2D eigenvalue weighted by molar-refractivity contribution is 0.0949. The predicted octanol–water partition coefficient (Wildman–Crippen LogP) is 4.12. The average molecular weight is 485 g/mol. The Morgan fingerprint density at radius 3 is 2.58 bits per heavy atom. The molecule has 2 aromatic carbocycles. The van der Waals surface area contributed by atoms with Crippen molar-refractivity contribution in [3.63, 3.8) is 0 Å². The van der Waals surface area contributed by atoms with Crippen molar-refractivity contribution in [2.75, 3.05) is 11.4 Å². The van der Waals surface area contributed by atoms with Gasteiger partial charge in [-0.25, -0.2) is 9.37 Å². The molecular formula is C27H25FN6O2. The first-order chi connectivity index (χ1) is 17.4. The first kappa shape index (κ1) is 23.3. The Labute approximate surface area is 207 Å². The van der Waals surface area contributed by atoms with E-state index in [1.54, 1.807) is 70.6 Å². The summed E-state index contributed by atoms with van der Waals surface area (Å²) in [5.41, 5.74) is 3.09. The van der Waals surface area contributed by atoms with Crippen LogP contribution in [-0.4, -0.2) is 38.1 Å². The third-order valence-corrected chi connectivity index (χ3v) is 6.18. The Bertz CT molecular complexity index is 1400. The number of rotatable bonds is 6. The van der Waals surface area contributed by atoms with E-state index in [0.29, 0.717) is 29.3 Å². The van der Waals surface area contributed by atoms with Gasteiger partial charge in [-0.3, -0.25) is 19.3 Å². The summed E-state index contributed by atoms with van der Waals surface area (Å²) in [7, 11) is 0. The van der Waals surface area contributed by atoms with Crippen LogP contribution in [0.3, 0.4) is 0 Å². The largest absolute Gasteiger partial charge is 0.348 e. The number of aromatic nitrogens is 4. The Balaban J connectivity index is 1.45. The van der Waals surface area contributed by atoms with Crippen LogP contribution in [0.15, 0.2) is 73.2 Å². The number of carbonyl (C=O) groups is 2. The van der Waals surface area contributed by atoms with Crippen molar-refractivity contribution in [2.24, 2.45) is 0 Å². The lowest BCUT2D eigenvalue weighted by atomic mass is 9.98. The zero-order valence-corrected chi connectivity index (χ0v) is 19.9. The molecule has 2 amide bonds. The molecule has 2 aromatic heterocycles. The van der Waals surface area contributed by atoms with Gasteiger partial charge in [-0.1, -0.05) is 18.2 Å². The second-order valence-corrected chi connectivity index (χ2v) is 8.94. The smallest absolute Gasteiger partial charge is 0.276 e. The summed E-state index contributed by atoms with van der Waals surface area (Å²) < 4.78 is 14.9. The van der Waals surface area contributed by atoms with Gasteiger partial charge < -0.3 is 10.2 Å². The fraction of sp³-hybridized carbons (Fsp3) is 0.222. The highest BCUT2D eigenvalue weighted by Gasteiger charge is 2.37. The van der Waals surface area contributed by atoms with Gasteiger partial charge >= 0.3 is 0 Å². The molecule has 5 rings (SSSR count). The van der Waals surface area contributed by atoms with Crippen LogP contribution < -0.4 is 10.2 Å². The molecular weight excluding hydrogens is 459 g/mol. The van der Waals surface area contributed by atoms with Gasteiger partial charge in [0.1, 0.15) is 17.8 Å². The van der Waals surface area contributed by atoms with Crippen molar-refractivity contribution in [1.29, 1.82) is 0 Å². The Kier molecular flexibility index (Phi) is 6.28. The lowest BCUT2D eigenvalue weighted by Gasteiger charge is -2.17. The van der Waals surface area contributed by atoms with E-state index >= 15 is 0 Å². The molecule has 0 bridgehead atoms. The monoisotopic (exact) mass is 484 g/mol. The predicted molar refractivity (Wildman–Crippen MR) is 132 cm³/mol. The second-order valence-electron chi connectivity index (χ2n) is 8.94. The number of fused-ring (bicyclic) bond motifs is 1. The van der Waals surface area contributed by atoms with Gasteiger partial charge in [0, 0.05) is 36.6 Å². The quantitative estimate of drug-likeness (QED) is 0.445. The summed E-state index contributed by atoms with van der Waals surface area (Å²) in [6.45, 7) is 4.64. The molecule has 182 valence electrons. The molecule has 8 nitrogen and oxygen atoms in total.